The fraction of sp³-hybridized carbons (Fsp3) is 0.105. The van der Waals surface area contributed by atoms with Crippen LogP contribution in [0.2, 0.25) is 5.02 Å². The normalized spacial score (nSPS) is 10.2. The van der Waals surface area contributed by atoms with Gasteiger partial charge in [0.15, 0.2) is 11.5 Å². The van der Waals surface area contributed by atoms with Gasteiger partial charge in [0.05, 0.1) is 19.9 Å². The molecule has 0 aliphatic heterocycles. The van der Waals surface area contributed by atoms with Gasteiger partial charge in [-0.05, 0) is 42.5 Å². The molecular weight excluding hydrogens is 368 g/mol. The van der Waals surface area contributed by atoms with Crippen LogP contribution < -0.4 is 20.1 Å². The highest BCUT2D eigenvalue weighted by molar-refractivity contribution is 6.30. The van der Waals surface area contributed by atoms with Gasteiger partial charge < -0.3 is 20.1 Å². The summed E-state index contributed by atoms with van der Waals surface area (Å²) in [5.41, 5.74) is 1.43. The van der Waals surface area contributed by atoms with Crippen molar-refractivity contribution in [2.75, 3.05) is 24.9 Å². The number of aromatic nitrogens is 2. The van der Waals surface area contributed by atoms with Gasteiger partial charge in [-0.25, -0.2) is 0 Å². The summed E-state index contributed by atoms with van der Waals surface area (Å²) in [6, 6.07) is 15.4. The van der Waals surface area contributed by atoms with E-state index < -0.39 is 0 Å². The Kier molecular flexibility index (Phi) is 5.73. The number of benzene rings is 2. The average Bonchev–Trinajstić information content (AvgIpc) is 2.68. The summed E-state index contributed by atoms with van der Waals surface area (Å²) in [5.74, 6) is 1.38. The first-order valence-corrected chi connectivity index (χ1v) is 8.36. The van der Waals surface area contributed by atoms with Gasteiger partial charge in [-0.1, -0.05) is 17.7 Å². The van der Waals surface area contributed by atoms with Gasteiger partial charge in [0.25, 0.3) is 5.91 Å². The summed E-state index contributed by atoms with van der Waals surface area (Å²) in [6.07, 6.45) is 0. The highest BCUT2D eigenvalue weighted by Crippen LogP contribution is 2.30. The highest BCUT2D eigenvalue weighted by atomic mass is 35.5. The van der Waals surface area contributed by atoms with Crippen molar-refractivity contribution in [3.8, 4) is 11.5 Å². The first kappa shape index (κ1) is 18.5. The third kappa shape index (κ3) is 4.65. The Morgan fingerprint density at radius 1 is 1.00 bits per heavy atom. The molecule has 8 heteroatoms. The number of amides is 1. The van der Waals surface area contributed by atoms with Crippen molar-refractivity contribution in [2.45, 2.75) is 0 Å². The van der Waals surface area contributed by atoms with Crippen LogP contribution in [-0.4, -0.2) is 30.3 Å². The van der Waals surface area contributed by atoms with Gasteiger partial charge in [-0.15, -0.1) is 10.2 Å². The van der Waals surface area contributed by atoms with E-state index >= 15 is 0 Å². The number of carbonyl (C=O) groups excluding carboxylic acids is 1. The van der Waals surface area contributed by atoms with E-state index in [0.29, 0.717) is 33.7 Å². The predicted molar refractivity (Wildman–Crippen MR) is 104 cm³/mol. The molecule has 0 radical (unpaired) electrons. The Balaban J connectivity index is 1.73. The molecule has 0 aliphatic carbocycles. The Labute approximate surface area is 161 Å². The second-order valence-corrected chi connectivity index (χ2v) is 5.90. The van der Waals surface area contributed by atoms with Crippen LogP contribution in [0, 0.1) is 0 Å². The minimum atomic E-state index is -0.379. The van der Waals surface area contributed by atoms with Crippen LogP contribution in [0.3, 0.4) is 0 Å². The second kappa shape index (κ2) is 8.37. The van der Waals surface area contributed by atoms with Gasteiger partial charge in [-0.3, -0.25) is 4.79 Å². The van der Waals surface area contributed by atoms with Crippen molar-refractivity contribution >= 4 is 34.7 Å². The molecule has 0 spiro atoms. The lowest BCUT2D eigenvalue weighted by Crippen LogP contribution is -2.14. The number of methoxy groups -OCH3 is 2. The molecule has 2 aromatic carbocycles. The number of rotatable bonds is 6. The van der Waals surface area contributed by atoms with Crippen molar-refractivity contribution < 1.29 is 14.3 Å². The van der Waals surface area contributed by atoms with Gasteiger partial charge in [-0.2, -0.15) is 0 Å². The summed E-state index contributed by atoms with van der Waals surface area (Å²) in [6.45, 7) is 0. The topological polar surface area (TPSA) is 85.4 Å². The minimum absolute atomic E-state index is 0.179. The van der Waals surface area contributed by atoms with E-state index in [1.54, 1.807) is 68.8 Å². The summed E-state index contributed by atoms with van der Waals surface area (Å²) in [5, 5.41) is 14.3. The molecule has 0 atom stereocenters. The van der Waals surface area contributed by atoms with Crippen molar-refractivity contribution in [2.24, 2.45) is 0 Å². The van der Waals surface area contributed by atoms with E-state index in [9.17, 15) is 4.79 Å². The molecule has 7 nitrogen and oxygen atoms in total. The zero-order valence-electron chi connectivity index (χ0n) is 14.7. The Morgan fingerprint density at radius 2 is 1.85 bits per heavy atom. The molecular formula is C19H17ClN4O3. The second-order valence-electron chi connectivity index (χ2n) is 5.46. The number of nitrogens with zero attached hydrogens (tertiary/aromatic N) is 2. The van der Waals surface area contributed by atoms with Crippen molar-refractivity contribution in [3.05, 3.63) is 65.3 Å². The number of anilines is 3. The van der Waals surface area contributed by atoms with E-state index in [1.807, 2.05) is 0 Å². The first-order valence-electron chi connectivity index (χ1n) is 7.99. The van der Waals surface area contributed by atoms with E-state index in [2.05, 4.69) is 20.8 Å². The molecule has 0 saturated carbocycles. The molecule has 0 saturated heterocycles. The lowest BCUT2D eigenvalue weighted by molar-refractivity contribution is 0.102. The Morgan fingerprint density at radius 3 is 2.52 bits per heavy atom. The number of halogens is 1. The van der Waals surface area contributed by atoms with Crippen LogP contribution in [0.15, 0.2) is 54.6 Å². The van der Waals surface area contributed by atoms with Crippen molar-refractivity contribution in [1.82, 2.24) is 10.2 Å². The molecule has 0 aliphatic rings. The molecule has 2 N–H and O–H groups in total. The van der Waals surface area contributed by atoms with Crippen molar-refractivity contribution in [1.29, 1.82) is 0 Å². The van der Waals surface area contributed by atoms with Crippen molar-refractivity contribution in [3.63, 3.8) is 0 Å². The molecule has 0 unspecified atom stereocenters. The van der Waals surface area contributed by atoms with E-state index in [1.165, 1.54) is 0 Å². The number of ether oxygens (including phenoxy) is 2. The average molecular weight is 385 g/mol. The smallest absolute Gasteiger partial charge is 0.276 e. The number of hydrogen-bond acceptors (Lipinski definition) is 6. The van der Waals surface area contributed by atoms with E-state index in [-0.39, 0.29) is 11.6 Å². The quantitative estimate of drug-likeness (QED) is 0.664. The molecule has 1 aromatic heterocycles. The van der Waals surface area contributed by atoms with Crippen LogP contribution in [0.1, 0.15) is 10.5 Å². The molecule has 1 heterocycles. The van der Waals surface area contributed by atoms with Crippen LogP contribution in [0.25, 0.3) is 0 Å². The maximum atomic E-state index is 12.3. The summed E-state index contributed by atoms with van der Waals surface area (Å²) in [4.78, 5) is 12.3. The lowest BCUT2D eigenvalue weighted by atomic mass is 10.2. The van der Waals surface area contributed by atoms with E-state index in [4.69, 9.17) is 21.1 Å². The van der Waals surface area contributed by atoms with Crippen LogP contribution in [0.4, 0.5) is 17.2 Å². The third-order valence-corrected chi connectivity index (χ3v) is 3.88. The molecule has 1 amide bonds. The fourth-order valence-corrected chi connectivity index (χ4v) is 2.52. The molecule has 27 heavy (non-hydrogen) atoms. The van der Waals surface area contributed by atoms with Crippen LogP contribution >= 0.6 is 11.6 Å². The number of hydrogen-bond donors (Lipinski definition) is 2. The summed E-state index contributed by atoms with van der Waals surface area (Å²) >= 11 is 5.91. The lowest BCUT2D eigenvalue weighted by Gasteiger charge is -2.12. The largest absolute Gasteiger partial charge is 0.497 e. The van der Waals surface area contributed by atoms with Gasteiger partial charge in [0, 0.05) is 16.8 Å². The van der Waals surface area contributed by atoms with E-state index in [0.717, 1.165) is 0 Å². The third-order valence-electron chi connectivity index (χ3n) is 3.65. The molecule has 3 aromatic rings. The Bertz CT molecular complexity index is 948. The number of carbonyl (C=O) groups is 1. The maximum absolute atomic E-state index is 12.3. The molecule has 0 fully saturated rings. The molecule has 3 rings (SSSR count). The number of nitrogens with one attached hydrogen (secondary N) is 2. The first-order chi connectivity index (χ1) is 13.1. The summed E-state index contributed by atoms with van der Waals surface area (Å²) in [7, 11) is 3.15. The summed E-state index contributed by atoms with van der Waals surface area (Å²) < 4.78 is 10.5. The predicted octanol–water partition coefficient (Wildman–Crippen LogP) is 4.14. The zero-order valence-corrected chi connectivity index (χ0v) is 15.4. The Hall–Kier alpha value is -3.32. The molecule has 138 valence electrons. The fourth-order valence-electron chi connectivity index (χ4n) is 2.33. The monoisotopic (exact) mass is 384 g/mol. The van der Waals surface area contributed by atoms with Gasteiger partial charge in [0.1, 0.15) is 11.5 Å². The van der Waals surface area contributed by atoms with Crippen LogP contribution in [-0.2, 0) is 0 Å². The minimum Gasteiger partial charge on any atom is -0.497 e. The van der Waals surface area contributed by atoms with Gasteiger partial charge >= 0.3 is 0 Å². The molecule has 0 bridgehead atoms. The highest BCUT2D eigenvalue weighted by Gasteiger charge is 2.11. The SMILES string of the molecule is COc1ccc(OC)c(Nc2ccc(C(=O)Nc3cccc(Cl)c3)nn2)c1. The van der Waals surface area contributed by atoms with Gasteiger partial charge in [0.2, 0.25) is 0 Å². The zero-order chi connectivity index (χ0) is 19.2. The standard InChI is InChI=1S/C19H17ClN4O3/c1-26-14-6-8-17(27-2)16(11-14)22-18-9-7-15(23-24-18)19(25)21-13-5-3-4-12(20)10-13/h3-11H,1-2H3,(H,21,25)(H,22,24). The van der Waals surface area contributed by atoms with Crippen LogP contribution in [0.5, 0.6) is 11.5 Å². The maximum Gasteiger partial charge on any atom is 0.276 e.